The molecule has 0 spiro atoms. The highest BCUT2D eigenvalue weighted by Crippen LogP contribution is 2.34. The quantitative estimate of drug-likeness (QED) is 0.303. The average molecular weight is 562 g/mol. The number of piperazine rings is 1. The van der Waals surface area contributed by atoms with Crippen LogP contribution in [0.3, 0.4) is 0 Å². The van der Waals surface area contributed by atoms with Gasteiger partial charge < -0.3 is 15.5 Å². The molecular weight excluding hydrogens is 531 g/mol. The summed E-state index contributed by atoms with van der Waals surface area (Å²) >= 11 is 0. The van der Waals surface area contributed by atoms with Crippen molar-refractivity contribution < 1.29 is 18.0 Å². The lowest BCUT2D eigenvalue weighted by Crippen LogP contribution is -2.44. The fourth-order valence-corrected chi connectivity index (χ4v) is 4.66. The van der Waals surface area contributed by atoms with Crippen LogP contribution in [-0.2, 0) is 12.7 Å². The molecule has 1 amide bonds. The second-order valence-electron chi connectivity index (χ2n) is 10.1. The Kier molecular flexibility index (Phi) is 8.27. The largest absolute Gasteiger partial charge is 0.416 e. The first-order valence-corrected chi connectivity index (χ1v) is 13.2. The maximum atomic E-state index is 14.0. The summed E-state index contributed by atoms with van der Waals surface area (Å²) in [6, 6.07) is 12.7. The number of amides is 1. The number of benzene rings is 2. The molecule has 11 heteroatoms. The van der Waals surface area contributed by atoms with Gasteiger partial charge in [0.1, 0.15) is 6.33 Å². The zero-order valence-corrected chi connectivity index (χ0v) is 22.7. The first-order chi connectivity index (χ1) is 19.7. The Morgan fingerprint density at radius 3 is 2.44 bits per heavy atom. The summed E-state index contributed by atoms with van der Waals surface area (Å²) in [5, 5.41) is 6.07. The zero-order valence-electron chi connectivity index (χ0n) is 22.7. The van der Waals surface area contributed by atoms with E-state index in [2.05, 4.69) is 30.5 Å². The number of nitrogens with one attached hydrogen (secondary N) is 2. The van der Waals surface area contributed by atoms with Crippen molar-refractivity contribution in [2.75, 3.05) is 43.9 Å². The molecule has 0 bridgehead atoms. The van der Waals surface area contributed by atoms with Crippen molar-refractivity contribution in [3.8, 4) is 11.3 Å². The van der Waals surface area contributed by atoms with E-state index < -0.39 is 17.6 Å². The molecule has 41 heavy (non-hydrogen) atoms. The van der Waals surface area contributed by atoms with Crippen LogP contribution in [0.2, 0.25) is 0 Å². The number of rotatable bonds is 7. The fourth-order valence-electron chi connectivity index (χ4n) is 4.66. The number of halogens is 3. The van der Waals surface area contributed by atoms with Gasteiger partial charge in [0.2, 0.25) is 0 Å². The Hall–Kier alpha value is -4.35. The van der Waals surface area contributed by atoms with Gasteiger partial charge in [-0.05, 0) is 61.5 Å². The number of anilines is 3. The molecule has 5 rings (SSSR count). The summed E-state index contributed by atoms with van der Waals surface area (Å²) in [5.74, 6) is -0.619. The molecule has 1 fully saturated rings. The minimum Gasteiger partial charge on any atom is -0.355 e. The Balaban J connectivity index is 1.32. The van der Waals surface area contributed by atoms with Crippen LogP contribution in [0.5, 0.6) is 0 Å². The Bertz CT molecular complexity index is 1520. The van der Waals surface area contributed by atoms with Crippen molar-refractivity contribution >= 4 is 23.0 Å². The predicted molar refractivity (Wildman–Crippen MR) is 152 cm³/mol. The minimum absolute atomic E-state index is 0.0570. The molecule has 0 atom stereocenters. The summed E-state index contributed by atoms with van der Waals surface area (Å²) in [6.07, 6.45) is 1.88. The summed E-state index contributed by atoms with van der Waals surface area (Å²) in [4.78, 5) is 29.6. The molecule has 0 aliphatic carbocycles. The molecule has 0 unspecified atom stereocenters. The molecule has 4 aromatic rings. The molecule has 1 saturated heterocycles. The first-order valence-electron chi connectivity index (χ1n) is 13.2. The Labute approximate surface area is 236 Å². The molecule has 2 N–H and O–H groups in total. The van der Waals surface area contributed by atoms with Crippen LogP contribution in [0.4, 0.5) is 30.2 Å². The van der Waals surface area contributed by atoms with Gasteiger partial charge in [-0.1, -0.05) is 12.1 Å². The second kappa shape index (κ2) is 12.0. The second-order valence-corrected chi connectivity index (χ2v) is 10.1. The van der Waals surface area contributed by atoms with Crippen LogP contribution in [0.25, 0.3) is 11.3 Å². The first kappa shape index (κ1) is 28.2. The molecule has 2 aromatic carbocycles. The van der Waals surface area contributed by atoms with E-state index in [-0.39, 0.29) is 17.7 Å². The van der Waals surface area contributed by atoms with Crippen LogP contribution in [-0.4, -0.2) is 63.9 Å². The maximum absolute atomic E-state index is 14.0. The molecule has 1 aliphatic heterocycles. The van der Waals surface area contributed by atoms with E-state index in [1.807, 2.05) is 31.0 Å². The molecule has 0 saturated carbocycles. The van der Waals surface area contributed by atoms with E-state index in [9.17, 15) is 18.0 Å². The van der Waals surface area contributed by atoms with E-state index in [1.165, 1.54) is 18.5 Å². The van der Waals surface area contributed by atoms with Crippen LogP contribution < -0.4 is 10.6 Å². The summed E-state index contributed by atoms with van der Waals surface area (Å²) in [7, 11) is 2.00. The number of aryl methyl sites for hydroxylation is 1. The van der Waals surface area contributed by atoms with Crippen LogP contribution >= 0.6 is 0 Å². The van der Waals surface area contributed by atoms with Gasteiger partial charge in [-0.3, -0.25) is 14.7 Å². The molecule has 2 aromatic heterocycles. The Morgan fingerprint density at radius 1 is 0.951 bits per heavy atom. The number of carbonyl (C=O) groups is 1. The van der Waals surface area contributed by atoms with E-state index in [1.54, 1.807) is 36.8 Å². The molecule has 212 valence electrons. The van der Waals surface area contributed by atoms with Crippen LogP contribution in [0, 0.1) is 6.92 Å². The van der Waals surface area contributed by atoms with Gasteiger partial charge in [0.05, 0.1) is 11.3 Å². The summed E-state index contributed by atoms with van der Waals surface area (Å²) in [5.41, 5.74) is 3.63. The van der Waals surface area contributed by atoms with Crippen molar-refractivity contribution in [2.24, 2.45) is 0 Å². The van der Waals surface area contributed by atoms with Gasteiger partial charge in [0.15, 0.2) is 0 Å². The third kappa shape index (κ3) is 7.05. The SMILES string of the molecule is Cc1ccc(NC(=O)c2ccc(CN3CCN(C)CC3)c(C(F)(F)F)c2)cc1Nc1ccnc(-c2cncnc2)c1. The number of hydrogen-bond donors (Lipinski definition) is 2. The van der Waals surface area contributed by atoms with Gasteiger partial charge >= 0.3 is 6.18 Å². The fraction of sp³-hybridized carbons (Fsp3) is 0.267. The molecule has 8 nitrogen and oxygen atoms in total. The molecule has 0 radical (unpaired) electrons. The van der Waals surface area contributed by atoms with E-state index >= 15 is 0 Å². The summed E-state index contributed by atoms with van der Waals surface area (Å²) in [6.45, 7) is 5.10. The number of aromatic nitrogens is 3. The van der Waals surface area contributed by atoms with Crippen molar-refractivity contribution in [1.29, 1.82) is 0 Å². The van der Waals surface area contributed by atoms with E-state index in [0.29, 0.717) is 24.5 Å². The summed E-state index contributed by atoms with van der Waals surface area (Å²) < 4.78 is 42.0. The van der Waals surface area contributed by atoms with Gasteiger partial charge in [0.25, 0.3) is 5.91 Å². The molecular formula is C30H30F3N7O. The third-order valence-electron chi connectivity index (χ3n) is 7.06. The van der Waals surface area contributed by atoms with Crippen LogP contribution in [0.1, 0.15) is 27.0 Å². The average Bonchev–Trinajstić information content (AvgIpc) is 2.96. The van der Waals surface area contributed by atoms with Crippen molar-refractivity contribution in [3.05, 3.63) is 95.7 Å². The number of nitrogens with zero attached hydrogens (tertiary/aromatic N) is 5. The van der Waals surface area contributed by atoms with Gasteiger partial charge in [0, 0.05) is 79.5 Å². The Morgan fingerprint density at radius 2 is 1.71 bits per heavy atom. The molecule has 1 aliphatic rings. The van der Waals surface area contributed by atoms with E-state index in [0.717, 1.165) is 41.7 Å². The standard InChI is InChI=1S/C30H30F3N7O/c1-20-3-6-24(14-27(20)37-25-7-8-36-28(15-25)23-16-34-19-35-17-23)38-29(41)21-4-5-22(26(13-21)30(31,32)33)18-40-11-9-39(2)10-12-40/h3-8,13-17,19H,9-12,18H2,1-2H3,(H,36,37)(H,38,41). The zero-order chi connectivity index (χ0) is 29.0. The number of likely N-dealkylation sites (N-methyl/N-ethyl adjacent to an activating group) is 1. The number of hydrogen-bond acceptors (Lipinski definition) is 7. The van der Waals surface area contributed by atoms with Crippen molar-refractivity contribution in [2.45, 2.75) is 19.6 Å². The normalized spacial score (nSPS) is 14.6. The topological polar surface area (TPSA) is 86.3 Å². The number of pyridine rings is 1. The number of alkyl halides is 3. The van der Waals surface area contributed by atoms with Crippen LogP contribution in [0.15, 0.2) is 73.4 Å². The van der Waals surface area contributed by atoms with Gasteiger partial charge in [-0.25, -0.2) is 9.97 Å². The lowest BCUT2D eigenvalue weighted by atomic mass is 10.0. The highest BCUT2D eigenvalue weighted by Gasteiger charge is 2.34. The molecule has 3 heterocycles. The van der Waals surface area contributed by atoms with E-state index in [4.69, 9.17) is 0 Å². The monoisotopic (exact) mass is 561 g/mol. The third-order valence-corrected chi connectivity index (χ3v) is 7.06. The minimum atomic E-state index is -4.57. The van der Waals surface area contributed by atoms with Gasteiger partial charge in [-0.2, -0.15) is 13.2 Å². The van der Waals surface area contributed by atoms with Crippen molar-refractivity contribution in [3.63, 3.8) is 0 Å². The smallest absolute Gasteiger partial charge is 0.355 e. The number of carbonyl (C=O) groups excluding carboxylic acids is 1. The predicted octanol–water partition coefficient (Wildman–Crippen LogP) is 5.61. The van der Waals surface area contributed by atoms with Gasteiger partial charge in [-0.15, -0.1) is 0 Å². The lowest BCUT2D eigenvalue weighted by Gasteiger charge is -2.33. The maximum Gasteiger partial charge on any atom is 0.416 e. The van der Waals surface area contributed by atoms with Crippen molar-refractivity contribution in [1.82, 2.24) is 24.8 Å². The highest BCUT2D eigenvalue weighted by atomic mass is 19.4. The lowest BCUT2D eigenvalue weighted by molar-refractivity contribution is -0.138. The highest BCUT2D eigenvalue weighted by molar-refractivity contribution is 6.04.